The van der Waals surface area contributed by atoms with E-state index in [4.69, 9.17) is 0 Å². The largest absolute Gasteiger partial charge is 0.394 e. The molecule has 1 fully saturated rings. The van der Waals surface area contributed by atoms with Crippen LogP contribution in [0.1, 0.15) is 30.9 Å². The second-order valence-electron chi connectivity index (χ2n) is 8.61. The van der Waals surface area contributed by atoms with Crippen molar-refractivity contribution in [1.29, 1.82) is 0 Å². The van der Waals surface area contributed by atoms with E-state index in [0.717, 1.165) is 38.9 Å². The Morgan fingerprint density at radius 1 is 1.03 bits per heavy atom. The van der Waals surface area contributed by atoms with Crippen molar-refractivity contribution in [2.75, 3.05) is 33.3 Å². The number of benzene rings is 2. The normalized spacial score (nSPS) is 21.3. The first kappa shape index (κ1) is 22.5. The standard InChI is InChI=1S/C26H36N2O2/c1-3-23-18-28(26(30)15-14-21-10-6-4-7-11-21)25(20-29)24(23)19-27(2)17-16-22-12-8-5-9-13-22/h4-13,23-25,29H,3,14-20H2,1-2H3/t23-,24-,25-/m1/s1. The lowest BCUT2D eigenvalue weighted by Gasteiger charge is -2.30. The molecule has 4 nitrogen and oxygen atoms in total. The van der Waals surface area contributed by atoms with Gasteiger partial charge < -0.3 is 14.9 Å². The van der Waals surface area contributed by atoms with Gasteiger partial charge in [-0.1, -0.05) is 74.0 Å². The third-order valence-corrected chi connectivity index (χ3v) is 6.58. The Morgan fingerprint density at radius 3 is 2.20 bits per heavy atom. The fraction of sp³-hybridized carbons (Fsp3) is 0.500. The number of likely N-dealkylation sites (tertiary alicyclic amines) is 1. The van der Waals surface area contributed by atoms with Crippen molar-refractivity contribution in [3.05, 3.63) is 71.8 Å². The summed E-state index contributed by atoms with van der Waals surface area (Å²) in [6, 6.07) is 20.6. The molecule has 3 atom stereocenters. The number of carbonyl (C=O) groups is 1. The van der Waals surface area contributed by atoms with Crippen LogP contribution in [0.3, 0.4) is 0 Å². The van der Waals surface area contributed by atoms with Crippen LogP contribution in [0.5, 0.6) is 0 Å². The monoisotopic (exact) mass is 408 g/mol. The van der Waals surface area contributed by atoms with Gasteiger partial charge in [-0.2, -0.15) is 0 Å². The molecule has 1 amide bonds. The minimum Gasteiger partial charge on any atom is -0.394 e. The molecule has 0 aromatic heterocycles. The van der Waals surface area contributed by atoms with Crippen molar-refractivity contribution in [1.82, 2.24) is 9.80 Å². The molecule has 1 heterocycles. The maximum Gasteiger partial charge on any atom is 0.223 e. The van der Waals surface area contributed by atoms with Crippen LogP contribution < -0.4 is 0 Å². The second kappa shape index (κ2) is 11.3. The SMILES string of the molecule is CC[C@@H]1CN(C(=O)CCc2ccccc2)[C@H](CO)[C@@H]1CN(C)CCc1ccccc1. The van der Waals surface area contributed by atoms with Crippen LogP contribution in [0.2, 0.25) is 0 Å². The summed E-state index contributed by atoms with van der Waals surface area (Å²) in [6.45, 7) is 4.92. The lowest BCUT2D eigenvalue weighted by molar-refractivity contribution is -0.133. The van der Waals surface area contributed by atoms with Gasteiger partial charge in [0.05, 0.1) is 12.6 Å². The van der Waals surface area contributed by atoms with E-state index < -0.39 is 0 Å². The van der Waals surface area contributed by atoms with Crippen LogP contribution in [0.4, 0.5) is 0 Å². The molecule has 162 valence electrons. The minimum atomic E-state index is -0.0719. The van der Waals surface area contributed by atoms with Crippen LogP contribution in [0, 0.1) is 11.8 Å². The summed E-state index contributed by atoms with van der Waals surface area (Å²) < 4.78 is 0. The van der Waals surface area contributed by atoms with Crippen molar-refractivity contribution in [3.8, 4) is 0 Å². The Hall–Kier alpha value is -2.17. The second-order valence-corrected chi connectivity index (χ2v) is 8.61. The van der Waals surface area contributed by atoms with E-state index >= 15 is 0 Å². The summed E-state index contributed by atoms with van der Waals surface area (Å²) in [6.07, 6.45) is 3.32. The minimum absolute atomic E-state index is 0.0464. The summed E-state index contributed by atoms with van der Waals surface area (Å²) in [5.74, 6) is 0.939. The molecule has 2 aromatic carbocycles. The van der Waals surface area contributed by atoms with Gasteiger partial charge in [0.1, 0.15) is 0 Å². The first-order valence-corrected chi connectivity index (χ1v) is 11.3. The van der Waals surface area contributed by atoms with Gasteiger partial charge in [0.15, 0.2) is 0 Å². The number of hydrogen-bond acceptors (Lipinski definition) is 3. The molecule has 30 heavy (non-hydrogen) atoms. The summed E-state index contributed by atoms with van der Waals surface area (Å²) >= 11 is 0. The first-order chi connectivity index (χ1) is 14.6. The van der Waals surface area contributed by atoms with Crippen LogP contribution in [0.15, 0.2) is 60.7 Å². The Kier molecular flexibility index (Phi) is 8.47. The molecule has 1 N–H and O–H groups in total. The van der Waals surface area contributed by atoms with E-state index in [0.29, 0.717) is 18.3 Å². The predicted octanol–water partition coefficient (Wildman–Crippen LogP) is 3.64. The Morgan fingerprint density at radius 2 is 1.63 bits per heavy atom. The van der Waals surface area contributed by atoms with Gasteiger partial charge in [-0.05, 0) is 42.9 Å². The highest BCUT2D eigenvalue weighted by Crippen LogP contribution is 2.33. The lowest BCUT2D eigenvalue weighted by atomic mass is 9.88. The van der Waals surface area contributed by atoms with Gasteiger partial charge >= 0.3 is 0 Å². The number of aliphatic hydroxyl groups is 1. The van der Waals surface area contributed by atoms with Crippen molar-refractivity contribution >= 4 is 5.91 Å². The number of likely N-dealkylation sites (N-methyl/N-ethyl adjacent to an activating group) is 1. The van der Waals surface area contributed by atoms with Crippen molar-refractivity contribution in [2.24, 2.45) is 11.8 Å². The number of carbonyl (C=O) groups excluding carboxylic acids is 1. The third kappa shape index (κ3) is 5.93. The number of rotatable bonds is 10. The van der Waals surface area contributed by atoms with Crippen LogP contribution >= 0.6 is 0 Å². The highest BCUT2D eigenvalue weighted by atomic mass is 16.3. The molecule has 4 heteroatoms. The van der Waals surface area contributed by atoms with E-state index in [1.807, 2.05) is 29.2 Å². The third-order valence-electron chi connectivity index (χ3n) is 6.58. The van der Waals surface area contributed by atoms with E-state index in [2.05, 4.69) is 55.3 Å². The average molecular weight is 409 g/mol. The van der Waals surface area contributed by atoms with Crippen LogP contribution in [-0.2, 0) is 17.6 Å². The van der Waals surface area contributed by atoms with Crippen molar-refractivity contribution in [2.45, 2.75) is 38.6 Å². The maximum atomic E-state index is 13.0. The average Bonchev–Trinajstić information content (AvgIpc) is 3.14. The number of aryl methyl sites for hydroxylation is 1. The zero-order valence-electron chi connectivity index (χ0n) is 18.4. The van der Waals surface area contributed by atoms with Gasteiger partial charge in [0, 0.05) is 26.1 Å². The molecule has 0 unspecified atom stereocenters. The number of amides is 1. The number of aliphatic hydroxyl groups excluding tert-OH is 1. The van der Waals surface area contributed by atoms with E-state index in [9.17, 15) is 9.90 Å². The highest BCUT2D eigenvalue weighted by Gasteiger charge is 2.42. The van der Waals surface area contributed by atoms with Gasteiger partial charge in [0.25, 0.3) is 0 Å². The van der Waals surface area contributed by atoms with E-state index in [1.165, 1.54) is 11.1 Å². The quantitative estimate of drug-likeness (QED) is 0.653. The molecule has 0 spiro atoms. The van der Waals surface area contributed by atoms with Gasteiger partial charge in [-0.15, -0.1) is 0 Å². The van der Waals surface area contributed by atoms with Gasteiger partial charge in [-0.25, -0.2) is 0 Å². The molecule has 0 bridgehead atoms. The van der Waals surface area contributed by atoms with Crippen molar-refractivity contribution < 1.29 is 9.90 Å². The van der Waals surface area contributed by atoms with E-state index in [-0.39, 0.29) is 18.6 Å². The first-order valence-electron chi connectivity index (χ1n) is 11.3. The Labute approximate surface area is 181 Å². The van der Waals surface area contributed by atoms with Crippen molar-refractivity contribution in [3.63, 3.8) is 0 Å². The highest BCUT2D eigenvalue weighted by molar-refractivity contribution is 5.77. The zero-order chi connectivity index (χ0) is 21.3. The Bertz CT molecular complexity index is 765. The molecule has 0 radical (unpaired) electrons. The summed E-state index contributed by atoms with van der Waals surface area (Å²) in [7, 11) is 2.16. The van der Waals surface area contributed by atoms with E-state index in [1.54, 1.807) is 0 Å². The predicted molar refractivity (Wildman–Crippen MR) is 122 cm³/mol. The van der Waals surface area contributed by atoms with Crippen LogP contribution in [0.25, 0.3) is 0 Å². The Balaban J connectivity index is 1.57. The fourth-order valence-electron chi connectivity index (χ4n) is 4.75. The molecular weight excluding hydrogens is 372 g/mol. The van der Waals surface area contributed by atoms with Gasteiger partial charge in [-0.3, -0.25) is 4.79 Å². The molecule has 3 rings (SSSR count). The lowest BCUT2D eigenvalue weighted by Crippen LogP contribution is -2.43. The molecule has 1 aliphatic rings. The molecule has 0 aliphatic carbocycles. The molecule has 0 saturated carbocycles. The molecule has 1 aliphatic heterocycles. The summed E-state index contributed by atoms with van der Waals surface area (Å²) in [5.41, 5.74) is 2.54. The fourth-order valence-corrected chi connectivity index (χ4v) is 4.75. The molecular formula is C26H36N2O2. The topological polar surface area (TPSA) is 43.8 Å². The summed E-state index contributed by atoms with van der Waals surface area (Å²) in [4.78, 5) is 17.3. The number of nitrogens with zero attached hydrogens (tertiary/aromatic N) is 2. The molecule has 1 saturated heterocycles. The summed E-state index contributed by atoms with van der Waals surface area (Å²) in [5, 5.41) is 10.2. The smallest absolute Gasteiger partial charge is 0.223 e. The van der Waals surface area contributed by atoms with Gasteiger partial charge in [0.2, 0.25) is 5.91 Å². The maximum absolute atomic E-state index is 13.0. The zero-order valence-corrected chi connectivity index (χ0v) is 18.4. The number of hydrogen-bond donors (Lipinski definition) is 1. The molecule has 2 aromatic rings. The van der Waals surface area contributed by atoms with Crippen LogP contribution in [-0.4, -0.2) is 60.1 Å².